The van der Waals surface area contributed by atoms with Crippen LogP contribution in [0.2, 0.25) is 0 Å². The summed E-state index contributed by atoms with van der Waals surface area (Å²) in [7, 11) is 0. The van der Waals surface area contributed by atoms with Crippen LogP contribution in [0.5, 0.6) is 0 Å². The molecule has 2 aliphatic heterocycles. The van der Waals surface area contributed by atoms with E-state index < -0.39 is 0 Å². The number of carbonyl (C=O) groups is 2. The van der Waals surface area contributed by atoms with Crippen LogP contribution >= 0.6 is 0 Å². The predicted molar refractivity (Wildman–Crippen MR) is 69.4 cm³/mol. The molecule has 1 aliphatic carbocycles. The van der Waals surface area contributed by atoms with Crippen LogP contribution in [0, 0.1) is 11.3 Å². The van der Waals surface area contributed by atoms with Gasteiger partial charge in [-0.15, -0.1) is 0 Å². The van der Waals surface area contributed by atoms with Gasteiger partial charge in [-0.2, -0.15) is 0 Å². The van der Waals surface area contributed by atoms with Crippen molar-refractivity contribution >= 4 is 11.8 Å². The maximum absolute atomic E-state index is 12.4. The van der Waals surface area contributed by atoms with Crippen molar-refractivity contribution < 1.29 is 14.3 Å². The molecule has 0 radical (unpaired) electrons. The van der Waals surface area contributed by atoms with Gasteiger partial charge in [0, 0.05) is 19.8 Å². The second-order valence-electron chi connectivity index (χ2n) is 6.50. The molecule has 0 aromatic heterocycles. The highest BCUT2D eigenvalue weighted by Crippen LogP contribution is 2.36. The fourth-order valence-electron chi connectivity index (χ4n) is 3.09. The summed E-state index contributed by atoms with van der Waals surface area (Å²) < 4.78 is 5.39. The van der Waals surface area contributed by atoms with Gasteiger partial charge >= 0.3 is 0 Å². The molecular formula is C14H22N2O3. The monoisotopic (exact) mass is 266 g/mol. The quantitative estimate of drug-likeness (QED) is 0.811. The van der Waals surface area contributed by atoms with Gasteiger partial charge in [-0.25, -0.2) is 0 Å². The third-order valence-corrected chi connectivity index (χ3v) is 4.59. The van der Waals surface area contributed by atoms with Crippen molar-refractivity contribution in [3.8, 4) is 0 Å². The smallest absolute Gasteiger partial charge is 0.245 e. The van der Waals surface area contributed by atoms with Crippen LogP contribution in [0.25, 0.3) is 0 Å². The maximum atomic E-state index is 12.4. The van der Waals surface area contributed by atoms with Crippen LogP contribution in [0.3, 0.4) is 0 Å². The van der Waals surface area contributed by atoms with E-state index in [2.05, 4.69) is 12.2 Å². The van der Waals surface area contributed by atoms with E-state index in [-0.39, 0.29) is 29.8 Å². The van der Waals surface area contributed by atoms with E-state index in [1.807, 2.05) is 0 Å². The number of hydrogen-bond acceptors (Lipinski definition) is 3. The van der Waals surface area contributed by atoms with Crippen LogP contribution < -0.4 is 5.32 Å². The van der Waals surface area contributed by atoms with Gasteiger partial charge in [0.2, 0.25) is 11.8 Å². The van der Waals surface area contributed by atoms with E-state index in [4.69, 9.17) is 4.74 Å². The Hall–Kier alpha value is -1.10. The molecule has 0 spiro atoms. The van der Waals surface area contributed by atoms with Crippen molar-refractivity contribution in [3.63, 3.8) is 0 Å². The molecule has 0 aromatic carbocycles. The summed E-state index contributed by atoms with van der Waals surface area (Å²) in [5.41, 5.74) is 0.0969. The Bertz CT molecular complexity index is 386. The van der Waals surface area contributed by atoms with E-state index in [0.717, 1.165) is 38.9 Å². The molecule has 2 amide bonds. The van der Waals surface area contributed by atoms with Gasteiger partial charge in [-0.05, 0) is 37.0 Å². The van der Waals surface area contributed by atoms with Gasteiger partial charge in [0.05, 0.1) is 6.54 Å². The normalized spacial score (nSPS) is 31.2. The lowest BCUT2D eigenvalue weighted by Gasteiger charge is -2.41. The molecular weight excluding hydrogens is 244 g/mol. The van der Waals surface area contributed by atoms with Crippen molar-refractivity contribution in [3.05, 3.63) is 0 Å². The minimum atomic E-state index is -0.260. The molecule has 1 saturated carbocycles. The van der Waals surface area contributed by atoms with Crippen LogP contribution in [-0.4, -0.2) is 49.1 Å². The van der Waals surface area contributed by atoms with Crippen molar-refractivity contribution in [1.29, 1.82) is 0 Å². The van der Waals surface area contributed by atoms with Gasteiger partial charge in [0.15, 0.2) is 0 Å². The first-order valence-corrected chi connectivity index (χ1v) is 7.23. The number of nitrogens with zero attached hydrogens (tertiary/aromatic N) is 1. The number of nitrogens with one attached hydrogen (secondary N) is 1. The lowest BCUT2D eigenvalue weighted by Crippen LogP contribution is -2.60. The predicted octanol–water partition coefficient (Wildman–Crippen LogP) is 0.540. The molecule has 0 aromatic rings. The summed E-state index contributed by atoms with van der Waals surface area (Å²) in [6, 6.07) is -0.260. The molecule has 3 rings (SSSR count). The highest BCUT2D eigenvalue weighted by atomic mass is 16.5. The van der Waals surface area contributed by atoms with E-state index in [1.165, 1.54) is 0 Å². The zero-order chi connectivity index (χ0) is 13.5. The molecule has 5 heteroatoms. The molecule has 2 saturated heterocycles. The fourth-order valence-corrected chi connectivity index (χ4v) is 3.09. The first kappa shape index (κ1) is 12.9. The number of rotatable bonds is 3. The van der Waals surface area contributed by atoms with Crippen LogP contribution in [-0.2, 0) is 14.3 Å². The standard InChI is InChI=1S/C14H22N2O3/c1-14(4-6-19-7-5-14)9-16-8-11(17)15-12(13(16)18)10-2-3-10/h10,12H,2-9H2,1H3,(H,15,17). The highest BCUT2D eigenvalue weighted by Gasteiger charge is 2.44. The first-order chi connectivity index (χ1) is 9.07. The topological polar surface area (TPSA) is 58.6 Å². The molecule has 3 aliphatic rings. The Morgan fingerprint density at radius 3 is 2.63 bits per heavy atom. The lowest BCUT2D eigenvalue weighted by molar-refractivity contribution is -0.147. The van der Waals surface area contributed by atoms with Gasteiger partial charge in [-0.1, -0.05) is 6.92 Å². The number of carbonyl (C=O) groups excluding carboxylic acids is 2. The molecule has 106 valence electrons. The average molecular weight is 266 g/mol. The molecule has 1 unspecified atom stereocenters. The van der Waals surface area contributed by atoms with Crippen molar-refractivity contribution in [1.82, 2.24) is 10.2 Å². The highest BCUT2D eigenvalue weighted by molar-refractivity contribution is 5.95. The Labute approximate surface area is 113 Å². The Balaban J connectivity index is 1.68. The lowest BCUT2D eigenvalue weighted by atomic mass is 9.81. The van der Waals surface area contributed by atoms with Crippen molar-refractivity contribution in [2.24, 2.45) is 11.3 Å². The molecule has 3 fully saturated rings. The average Bonchev–Trinajstić information content (AvgIpc) is 3.18. The van der Waals surface area contributed by atoms with Crippen molar-refractivity contribution in [2.45, 2.75) is 38.6 Å². The number of amides is 2. The minimum absolute atomic E-state index is 0.00726. The van der Waals surface area contributed by atoms with Gasteiger partial charge in [-0.3, -0.25) is 9.59 Å². The van der Waals surface area contributed by atoms with Crippen LogP contribution in [0.4, 0.5) is 0 Å². The zero-order valence-electron chi connectivity index (χ0n) is 11.5. The molecule has 1 atom stereocenters. The van der Waals surface area contributed by atoms with E-state index in [0.29, 0.717) is 12.5 Å². The SMILES string of the molecule is CC1(CN2CC(=O)NC(C3CC3)C2=O)CCOCC1. The second kappa shape index (κ2) is 4.78. The number of hydrogen-bond donors (Lipinski definition) is 1. The van der Waals surface area contributed by atoms with E-state index >= 15 is 0 Å². The third kappa shape index (κ3) is 2.76. The fraction of sp³-hybridized carbons (Fsp3) is 0.857. The summed E-state index contributed by atoms with van der Waals surface area (Å²) in [5.74, 6) is 0.490. The molecule has 2 heterocycles. The number of piperazine rings is 1. The number of ether oxygens (including phenoxy) is 1. The van der Waals surface area contributed by atoms with Gasteiger partial charge in [0.1, 0.15) is 6.04 Å². The van der Waals surface area contributed by atoms with Crippen LogP contribution in [0.1, 0.15) is 32.6 Å². The van der Waals surface area contributed by atoms with E-state index in [1.54, 1.807) is 4.90 Å². The van der Waals surface area contributed by atoms with Gasteiger partial charge in [0.25, 0.3) is 0 Å². The third-order valence-electron chi connectivity index (χ3n) is 4.59. The Kier molecular flexibility index (Phi) is 3.25. The van der Waals surface area contributed by atoms with Crippen molar-refractivity contribution in [2.75, 3.05) is 26.3 Å². The second-order valence-corrected chi connectivity index (χ2v) is 6.50. The summed E-state index contributed by atoms with van der Waals surface area (Å²) >= 11 is 0. The molecule has 0 bridgehead atoms. The Morgan fingerprint density at radius 1 is 1.32 bits per heavy atom. The largest absolute Gasteiger partial charge is 0.381 e. The summed E-state index contributed by atoms with van der Waals surface area (Å²) in [6.07, 6.45) is 4.06. The summed E-state index contributed by atoms with van der Waals surface area (Å²) in [4.78, 5) is 26.0. The van der Waals surface area contributed by atoms with E-state index in [9.17, 15) is 9.59 Å². The molecule has 1 N–H and O–H groups in total. The Morgan fingerprint density at radius 2 is 2.00 bits per heavy atom. The zero-order valence-corrected chi connectivity index (χ0v) is 11.5. The minimum Gasteiger partial charge on any atom is -0.381 e. The first-order valence-electron chi connectivity index (χ1n) is 7.23. The summed E-state index contributed by atoms with van der Waals surface area (Å²) in [6.45, 7) is 4.62. The molecule has 5 nitrogen and oxygen atoms in total. The molecule has 19 heavy (non-hydrogen) atoms. The maximum Gasteiger partial charge on any atom is 0.245 e. The summed E-state index contributed by atoms with van der Waals surface area (Å²) in [5, 5.41) is 2.85. The van der Waals surface area contributed by atoms with Crippen LogP contribution in [0.15, 0.2) is 0 Å². The van der Waals surface area contributed by atoms with Gasteiger partial charge < -0.3 is 15.0 Å².